The van der Waals surface area contributed by atoms with Crippen molar-refractivity contribution in [3.05, 3.63) is 35.4 Å². The van der Waals surface area contributed by atoms with Crippen LogP contribution in [0.1, 0.15) is 36.8 Å². The van der Waals surface area contributed by atoms with Gasteiger partial charge in [-0.3, -0.25) is 9.69 Å². The first kappa shape index (κ1) is 12.3. The van der Waals surface area contributed by atoms with Crippen LogP contribution in [0.2, 0.25) is 0 Å². The third kappa shape index (κ3) is 3.40. The third-order valence-corrected chi connectivity index (χ3v) is 3.69. The van der Waals surface area contributed by atoms with Gasteiger partial charge < -0.3 is 0 Å². The van der Waals surface area contributed by atoms with Crippen molar-refractivity contribution < 1.29 is 4.79 Å². The highest BCUT2D eigenvalue weighted by Gasteiger charge is 2.21. The number of nitrogens with zero attached hydrogens (tertiary/aromatic N) is 1. The molecule has 1 aliphatic carbocycles. The van der Waals surface area contributed by atoms with Crippen LogP contribution < -0.4 is 0 Å². The summed E-state index contributed by atoms with van der Waals surface area (Å²) in [7, 11) is 2.17. The second-order valence-electron chi connectivity index (χ2n) is 5.17. The summed E-state index contributed by atoms with van der Waals surface area (Å²) < 4.78 is 0. The summed E-state index contributed by atoms with van der Waals surface area (Å²) in [5, 5.41) is 0. The number of carbonyl (C=O) groups excluding carboxylic acids is 1. The average Bonchev–Trinajstić information content (AvgIpc) is 2.33. The minimum absolute atomic E-state index is 0.435. The van der Waals surface area contributed by atoms with Gasteiger partial charge in [0.15, 0.2) is 0 Å². The standard InChI is InChI=1S/C15H21NO/c1-12-3-5-13(6-4-12)11-16(2)14-7-9-15(17)10-8-14/h3-6,14H,7-11H2,1-2H3. The molecule has 0 unspecified atom stereocenters. The van der Waals surface area contributed by atoms with Crippen molar-refractivity contribution in [2.45, 2.75) is 45.2 Å². The van der Waals surface area contributed by atoms with Crippen LogP contribution in [0.25, 0.3) is 0 Å². The van der Waals surface area contributed by atoms with E-state index in [0.717, 1.165) is 32.2 Å². The zero-order valence-electron chi connectivity index (χ0n) is 10.8. The molecule has 1 fully saturated rings. The molecule has 0 amide bonds. The smallest absolute Gasteiger partial charge is 0.133 e. The van der Waals surface area contributed by atoms with Crippen LogP contribution >= 0.6 is 0 Å². The SMILES string of the molecule is Cc1ccc(CN(C)C2CCC(=O)CC2)cc1. The minimum Gasteiger partial charge on any atom is -0.300 e. The van der Waals surface area contributed by atoms with Crippen molar-refractivity contribution in [3.63, 3.8) is 0 Å². The average molecular weight is 231 g/mol. The van der Waals surface area contributed by atoms with Crippen molar-refractivity contribution in [2.24, 2.45) is 0 Å². The van der Waals surface area contributed by atoms with Crippen LogP contribution in [0.4, 0.5) is 0 Å². The van der Waals surface area contributed by atoms with E-state index < -0.39 is 0 Å². The summed E-state index contributed by atoms with van der Waals surface area (Å²) in [6.45, 7) is 3.10. The molecule has 2 heteroatoms. The predicted molar refractivity (Wildman–Crippen MR) is 69.9 cm³/mol. The molecule has 1 saturated carbocycles. The molecule has 0 aromatic heterocycles. The maximum atomic E-state index is 11.2. The quantitative estimate of drug-likeness (QED) is 0.797. The van der Waals surface area contributed by atoms with E-state index in [1.807, 2.05) is 0 Å². The van der Waals surface area contributed by atoms with Crippen molar-refractivity contribution in [1.29, 1.82) is 0 Å². The Labute approximate surface area is 104 Å². The molecule has 0 saturated heterocycles. The fraction of sp³-hybridized carbons (Fsp3) is 0.533. The first-order valence-electron chi connectivity index (χ1n) is 6.42. The number of aryl methyl sites for hydroxylation is 1. The highest BCUT2D eigenvalue weighted by atomic mass is 16.1. The molecule has 17 heavy (non-hydrogen) atoms. The van der Waals surface area contributed by atoms with Crippen molar-refractivity contribution in [1.82, 2.24) is 4.90 Å². The lowest BCUT2D eigenvalue weighted by Crippen LogP contribution is -2.34. The first-order valence-corrected chi connectivity index (χ1v) is 6.42. The van der Waals surface area contributed by atoms with Gasteiger partial charge in [-0.25, -0.2) is 0 Å². The molecule has 0 heterocycles. The number of Topliss-reactive ketones (excluding diaryl/α,β-unsaturated/α-hetero) is 1. The first-order chi connectivity index (χ1) is 8.15. The molecule has 2 rings (SSSR count). The van der Waals surface area contributed by atoms with E-state index in [-0.39, 0.29) is 0 Å². The summed E-state index contributed by atoms with van der Waals surface area (Å²) in [6.07, 6.45) is 3.59. The summed E-state index contributed by atoms with van der Waals surface area (Å²) in [5.74, 6) is 0.435. The van der Waals surface area contributed by atoms with E-state index in [2.05, 4.69) is 43.1 Å². The second kappa shape index (κ2) is 5.46. The Morgan fingerprint density at radius 1 is 1.18 bits per heavy atom. The number of hydrogen-bond donors (Lipinski definition) is 0. The maximum Gasteiger partial charge on any atom is 0.133 e. The van der Waals surface area contributed by atoms with E-state index in [1.54, 1.807) is 0 Å². The van der Waals surface area contributed by atoms with Gasteiger partial charge in [0.1, 0.15) is 5.78 Å². The molecule has 1 aromatic rings. The zero-order chi connectivity index (χ0) is 12.3. The number of carbonyl (C=O) groups is 1. The number of ketones is 1. The molecule has 1 aromatic carbocycles. The maximum absolute atomic E-state index is 11.2. The Morgan fingerprint density at radius 3 is 2.35 bits per heavy atom. The Hall–Kier alpha value is -1.15. The second-order valence-corrected chi connectivity index (χ2v) is 5.17. The zero-order valence-corrected chi connectivity index (χ0v) is 10.8. The van der Waals surface area contributed by atoms with Crippen LogP contribution in [-0.2, 0) is 11.3 Å². The van der Waals surface area contributed by atoms with Gasteiger partial charge in [0.2, 0.25) is 0 Å². The largest absolute Gasteiger partial charge is 0.300 e. The Balaban J connectivity index is 1.90. The van der Waals surface area contributed by atoms with E-state index in [9.17, 15) is 4.79 Å². The Morgan fingerprint density at radius 2 is 1.76 bits per heavy atom. The van der Waals surface area contributed by atoms with E-state index in [1.165, 1.54) is 11.1 Å². The van der Waals surface area contributed by atoms with Crippen LogP contribution in [0, 0.1) is 6.92 Å². The summed E-state index contributed by atoms with van der Waals surface area (Å²) in [5.41, 5.74) is 2.66. The molecule has 2 nitrogen and oxygen atoms in total. The van der Waals surface area contributed by atoms with Crippen LogP contribution in [0.5, 0.6) is 0 Å². The molecule has 0 atom stereocenters. The topological polar surface area (TPSA) is 20.3 Å². The molecular weight excluding hydrogens is 210 g/mol. The molecule has 0 N–H and O–H groups in total. The lowest BCUT2D eigenvalue weighted by Gasteiger charge is -2.30. The van der Waals surface area contributed by atoms with E-state index in [0.29, 0.717) is 11.8 Å². The lowest BCUT2D eigenvalue weighted by atomic mass is 9.93. The van der Waals surface area contributed by atoms with Gasteiger partial charge >= 0.3 is 0 Å². The third-order valence-electron chi connectivity index (χ3n) is 3.69. The van der Waals surface area contributed by atoms with Gasteiger partial charge in [-0.15, -0.1) is 0 Å². The van der Waals surface area contributed by atoms with Gasteiger partial charge in [-0.1, -0.05) is 29.8 Å². The molecule has 0 aliphatic heterocycles. The van der Waals surface area contributed by atoms with Crippen LogP contribution in [-0.4, -0.2) is 23.8 Å². The summed E-state index contributed by atoms with van der Waals surface area (Å²) in [6, 6.07) is 9.29. The van der Waals surface area contributed by atoms with Crippen molar-refractivity contribution in [3.8, 4) is 0 Å². The number of benzene rings is 1. The number of hydrogen-bond acceptors (Lipinski definition) is 2. The van der Waals surface area contributed by atoms with Crippen molar-refractivity contribution in [2.75, 3.05) is 7.05 Å². The molecule has 0 radical (unpaired) electrons. The van der Waals surface area contributed by atoms with Gasteiger partial charge in [-0.05, 0) is 32.4 Å². The van der Waals surface area contributed by atoms with Gasteiger partial charge in [0, 0.05) is 25.4 Å². The summed E-state index contributed by atoms with van der Waals surface area (Å²) in [4.78, 5) is 13.6. The van der Waals surface area contributed by atoms with Gasteiger partial charge in [-0.2, -0.15) is 0 Å². The van der Waals surface area contributed by atoms with Crippen molar-refractivity contribution >= 4 is 5.78 Å². The Kier molecular flexibility index (Phi) is 3.95. The molecule has 92 valence electrons. The molecule has 0 spiro atoms. The summed E-state index contributed by atoms with van der Waals surface area (Å²) >= 11 is 0. The lowest BCUT2D eigenvalue weighted by molar-refractivity contribution is -0.121. The monoisotopic (exact) mass is 231 g/mol. The molecule has 1 aliphatic rings. The van der Waals surface area contributed by atoms with Crippen LogP contribution in [0.3, 0.4) is 0 Å². The number of rotatable bonds is 3. The molecule has 0 bridgehead atoms. The molecular formula is C15H21NO. The fourth-order valence-corrected chi connectivity index (χ4v) is 2.48. The Bertz CT molecular complexity index is 372. The minimum atomic E-state index is 0.435. The normalized spacial score (nSPS) is 17.7. The van der Waals surface area contributed by atoms with E-state index >= 15 is 0 Å². The predicted octanol–water partition coefficient (Wildman–Crippen LogP) is 2.94. The van der Waals surface area contributed by atoms with Crippen LogP contribution in [0.15, 0.2) is 24.3 Å². The fourth-order valence-electron chi connectivity index (χ4n) is 2.48. The van der Waals surface area contributed by atoms with Gasteiger partial charge in [0.25, 0.3) is 0 Å². The van der Waals surface area contributed by atoms with Gasteiger partial charge in [0.05, 0.1) is 0 Å². The highest BCUT2D eigenvalue weighted by Crippen LogP contribution is 2.21. The van der Waals surface area contributed by atoms with E-state index in [4.69, 9.17) is 0 Å². The highest BCUT2D eigenvalue weighted by molar-refractivity contribution is 5.79.